The molecule has 0 radical (unpaired) electrons. The van der Waals surface area contributed by atoms with Crippen LogP contribution in [0.5, 0.6) is 0 Å². The molecule has 0 aliphatic carbocycles. The predicted octanol–water partition coefficient (Wildman–Crippen LogP) is 1.73. The van der Waals surface area contributed by atoms with Gasteiger partial charge in [-0.1, -0.05) is 0 Å². The van der Waals surface area contributed by atoms with Crippen molar-refractivity contribution in [3.63, 3.8) is 0 Å². The first-order chi connectivity index (χ1) is 5.36. The first-order valence-electron chi connectivity index (χ1n) is 3.03. The maximum absolute atomic E-state index is 4.87. The molecule has 2 aromatic rings. The third-order valence-corrected chi connectivity index (χ3v) is 1.49. The average molecular weight is 167 g/mol. The molecule has 0 amide bonds. The Labute approximate surface area is 67.3 Å². The predicted molar refractivity (Wildman–Crippen MR) is 41.5 cm³/mol. The zero-order valence-electron chi connectivity index (χ0n) is 5.50. The molecule has 2 aromatic heterocycles. The monoisotopic (exact) mass is 167 g/mol. The standard InChI is InChI=1S/C6H5N3OS/c11-6-7-5(8-9-6)4-1-2-10-3-4/h1-3H,(H2,7,8,9,11). The Morgan fingerprint density at radius 1 is 1.45 bits per heavy atom. The van der Waals surface area contributed by atoms with Crippen LogP contribution in [0.3, 0.4) is 0 Å². The van der Waals surface area contributed by atoms with Crippen molar-refractivity contribution in [3.05, 3.63) is 23.4 Å². The molecule has 4 nitrogen and oxygen atoms in total. The Morgan fingerprint density at radius 3 is 2.91 bits per heavy atom. The molecule has 0 unspecified atom stereocenters. The third kappa shape index (κ3) is 1.10. The lowest BCUT2D eigenvalue weighted by molar-refractivity contribution is 0.568. The number of hydrogen-bond donors (Lipinski definition) is 2. The quantitative estimate of drug-likeness (QED) is 0.636. The maximum Gasteiger partial charge on any atom is 0.213 e. The van der Waals surface area contributed by atoms with E-state index in [-0.39, 0.29) is 0 Å². The molecule has 5 heteroatoms. The van der Waals surface area contributed by atoms with Crippen molar-refractivity contribution in [3.8, 4) is 11.4 Å². The van der Waals surface area contributed by atoms with E-state index in [1.54, 1.807) is 18.6 Å². The normalized spacial score (nSPS) is 10.2. The van der Waals surface area contributed by atoms with Crippen LogP contribution in [-0.2, 0) is 0 Å². The number of aromatic nitrogens is 3. The topological polar surface area (TPSA) is 57.6 Å². The molecule has 0 fully saturated rings. The van der Waals surface area contributed by atoms with Gasteiger partial charge in [-0.25, -0.2) is 0 Å². The van der Waals surface area contributed by atoms with E-state index in [1.165, 1.54) is 0 Å². The highest BCUT2D eigenvalue weighted by molar-refractivity contribution is 7.71. The second-order valence-electron chi connectivity index (χ2n) is 2.03. The van der Waals surface area contributed by atoms with Crippen molar-refractivity contribution < 1.29 is 4.42 Å². The number of nitrogens with zero attached hydrogens (tertiary/aromatic N) is 1. The number of H-pyrrole nitrogens is 2. The van der Waals surface area contributed by atoms with E-state index in [0.717, 1.165) is 5.56 Å². The zero-order chi connectivity index (χ0) is 7.68. The molecule has 56 valence electrons. The lowest BCUT2D eigenvalue weighted by Crippen LogP contribution is -1.74. The summed E-state index contributed by atoms with van der Waals surface area (Å²) in [5.74, 6) is 0.698. The molecule has 2 rings (SSSR count). The van der Waals surface area contributed by atoms with Crippen molar-refractivity contribution >= 4 is 12.2 Å². The third-order valence-electron chi connectivity index (χ3n) is 1.30. The van der Waals surface area contributed by atoms with Gasteiger partial charge < -0.3 is 4.42 Å². The molecule has 2 heterocycles. The van der Waals surface area contributed by atoms with Crippen LogP contribution < -0.4 is 0 Å². The number of nitrogens with one attached hydrogen (secondary N) is 2. The Kier molecular flexibility index (Phi) is 1.36. The van der Waals surface area contributed by atoms with E-state index >= 15 is 0 Å². The van der Waals surface area contributed by atoms with Crippen molar-refractivity contribution in [1.29, 1.82) is 0 Å². The molecule has 0 saturated heterocycles. The Hall–Kier alpha value is -1.36. The van der Waals surface area contributed by atoms with E-state index < -0.39 is 0 Å². The minimum Gasteiger partial charge on any atom is -0.472 e. The summed E-state index contributed by atoms with van der Waals surface area (Å²) in [6.45, 7) is 0. The summed E-state index contributed by atoms with van der Waals surface area (Å²) in [7, 11) is 0. The van der Waals surface area contributed by atoms with Gasteiger partial charge in [0, 0.05) is 0 Å². The molecule has 0 spiro atoms. The summed E-state index contributed by atoms with van der Waals surface area (Å²) in [6, 6.07) is 1.81. The van der Waals surface area contributed by atoms with Crippen LogP contribution in [0.2, 0.25) is 0 Å². The molecular weight excluding hydrogens is 162 g/mol. The van der Waals surface area contributed by atoms with Crippen LogP contribution in [0.4, 0.5) is 0 Å². The smallest absolute Gasteiger partial charge is 0.213 e. The number of rotatable bonds is 1. The molecule has 0 aliphatic rings. The fraction of sp³-hybridized carbons (Fsp3) is 0. The van der Waals surface area contributed by atoms with Gasteiger partial charge in [-0.15, -0.1) is 0 Å². The first-order valence-corrected chi connectivity index (χ1v) is 3.44. The summed E-state index contributed by atoms with van der Waals surface area (Å²) in [6.07, 6.45) is 3.18. The van der Waals surface area contributed by atoms with Crippen LogP contribution >= 0.6 is 12.2 Å². The van der Waals surface area contributed by atoms with Gasteiger partial charge in [0.25, 0.3) is 0 Å². The van der Waals surface area contributed by atoms with Crippen LogP contribution in [0.15, 0.2) is 23.0 Å². The summed E-state index contributed by atoms with van der Waals surface area (Å²) in [5.41, 5.74) is 0.886. The van der Waals surface area contributed by atoms with E-state index in [4.69, 9.17) is 16.6 Å². The van der Waals surface area contributed by atoms with Gasteiger partial charge in [-0.3, -0.25) is 10.2 Å². The highest BCUT2D eigenvalue weighted by Crippen LogP contribution is 2.12. The van der Waals surface area contributed by atoms with Gasteiger partial charge in [0.15, 0.2) is 5.82 Å². The van der Waals surface area contributed by atoms with E-state index in [9.17, 15) is 0 Å². The van der Waals surface area contributed by atoms with Crippen LogP contribution in [0, 0.1) is 4.77 Å². The molecule has 0 saturated carbocycles. The molecule has 0 bridgehead atoms. The molecule has 0 aliphatic heterocycles. The molecule has 0 atom stereocenters. The maximum atomic E-state index is 4.87. The minimum absolute atomic E-state index is 0.446. The van der Waals surface area contributed by atoms with Gasteiger partial charge in [0.05, 0.1) is 11.8 Å². The highest BCUT2D eigenvalue weighted by Gasteiger charge is 2.00. The van der Waals surface area contributed by atoms with E-state index in [1.807, 2.05) is 0 Å². The Balaban J connectivity index is 2.53. The van der Waals surface area contributed by atoms with E-state index in [2.05, 4.69) is 15.2 Å². The number of hydrogen-bond acceptors (Lipinski definition) is 3. The SMILES string of the molecule is S=c1nc(-c2ccoc2)[nH][nH]1. The molecule has 11 heavy (non-hydrogen) atoms. The minimum atomic E-state index is 0.446. The highest BCUT2D eigenvalue weighted by atomic mass is 32.1. The largest absolute Gasteiger partial charge is 0.472 e. The van der Waals surface area contributed by atoms with Gasteiger partial charge in [-0.05, 0) is 18.3 Å². The van der Waals surface area contributed by atoms with Crippen molar-refractivity contribution in [1.82, 2.24) is 15.2 Å². The summed E-state index contributed by atoms with van der Waals surface area (Å²) < 4.78 is 5.32. The zero-order valence-corrected chi connectivity index (χ0v) is 6.31. The molecular formula is C6H5N3OS. The summed E-state index contributed by atoms with van der Waals surface area (Å²) in [5, 5.41) is 5.50. The van der Waals surface area contributed by atoms with E-state index in [0.29, 0.717) is 10.6 Å². The van der Waals surface area contributed by atoms with Crippen LogP contribution in [0.1, 0.15) is 0 Å². The Morgan fingerprint density at radius 2 is 2.36 bits per heavy atom. The van der Waals surface area contributed by atoms with Crippen molar-refractivity contribution in [2.75, 3.05) is 0 Å². The van der Waals surface area contributed by atoms with Gasteiger partial charge in [0.2, 0.25) is 4.77 Å². The fourth-order valence-corrected chi connectivity index (χ4v) is 0.948. The number of aromatic amines is 2. The first kappa shape index (κ1) is 6.36. The molecule has 0 aromatic carbocycles. The Bertz CT molecular complexity index is 386. The molecule has 2 N–H and O–H groups in total. The lowest BCUT2D eigenvalue weighted by atomic mass is 10.3. The van der Waals surface area contributed by atoms with Crippen molar-refractivity contribution in [2.24, 2.45) is 0 Å². The average Bonchev–Trinajstić information content (AvgIpc) is 2.55. The lowest BCUT2D eigenvalue weighted by Gasteiger charge is -1.82. The second-order valence-corrected chi connectivity index (χ2v) is 2.41. The van der Waals surface area contributed by atoms with Crippen LogP contribution in [-0.4, -0.2) is 15.2 Å². The van der Waals surface area contributed by atoms with Crippen LogP contribution in [0.25, 0.3) is 11.4 Å². The summed E-state index contributed by atoms with van der Waals surface area (Å²) in [4.78, 5) is 4.00. The van der Waals surface area contributed by atoms with Crippen molar-refractivity contribution in [2.45, 2.75) is 0 Å². The number of furan rings is 1. The second kappa shape index (κ2) is 2.35. The fourth-order valence-electron chi connectivity index (χ4n) is 0.806. The van der Waals surface area contributed by atoms with Gasteiger partial charge in [-0.2, -0.15) is 4.98 Å². The summed E-state index contributed by atoms with van der Waals surface area (Å²) >= 11 is 4.78. The van der Waals surface area contributed by atoms with Gasteiger partial charge in [0.1, 0.15) is 6.26 Å². The van der Waals surface area contributed by atoms with Gasteiger partial charge >= 0.3 is 0 Å².